The van der Waals surface area contributed by atoms with Crippen molar-refractivity contribution in [2.75, 3.05) is 11.4 Å². The van der Waals surface area contributed by atoms with Gasteiger partial charge in [-0.3, -0.25) is 0 Å². The third-order valence-corrected chi connectivity index (χ3v) is 8.79. The van der Waals surface area contributed by atoms with Gasteiger partial charge in [0.25, 0.3) is 0 Å². The van der Waals surface area contributed by atoms with Crippen LogP contribution in [0.2, 0.25) is 0 Å². The predicted octanol–water partition coefficient (Wildman–Crippen LogP) is 7.57. The molecule has 1 aliphatic rings. The van der Waals surface area contributed by atoms with Crippen LogP contribution in [0.15, 0.2) is 54.5 Å². The molecular formula is C29H33Cl2N3Ru. The minimum atomic E-state index is -1.94. The van der Waals surface area contributed by atoms with E-state index in [1.165, 1.54) is 44.6 Å². The quantitative estimate of drug-likeness (QED) is 0.309. The monoisotopic (exact) mass is 595 g/mol. The summed E-state index contributed by atoms with van der Waals surface area (Å²) in [5.41, 5.74) is 12.4. The number of hydrogen-bond acceptors (Lipinski definition) is 3. The van der Waals surface area contributed by atoms with Gasteiger partial charge in [0.1, 0.15) is 0 Å². The maximum absolute atomic E-state index is 6.29. The van der Waals surface area contributed by atoms with Crippen LogP contribution < -0.4 is 10.2 Å². The number of aryl methyl sites for hydroxylation is 6. The van der Waals surface area contributed by atoms with E-state index in [1.54, 1.807) is 0 Å². The van der Waals surface area contributed by atoms with Gasteiger partial charge in [-0.2, -0.15) is 0 Å². The molecule has 0 amide bonds. The van der Waals surface area contributed by atoms with Gasteiger partial charge in [-0.25, -0.2) is 0 Å². The Labute approximate surface area is 222 Å². The molecule has 6 heteroatoms. The Morgan fingerprint density at radius 1 is 0.971 bits per heavy atom. The molecule has 186 valence electrons. The van der Waals surface area contributed by atoms with Gasteiger partial charge in [-0.05, 0) is 0 Å². The molecule has 2 aromatic carbocycles. The summed E-state index contributed by atoms with van der Waals surface area (Å²) in [5.74, 6) is 1.09. The van der Waals surface area contributed by atoms with E-state index in [2.05, 4.69) is 86.7 Å². The zero-order valence-electron chi connectivity index (χ0n) is 21.2. The number of benzene rings is 2. The molecule has 1 aromatic heterocycles. The normalized spacial score (nSPS) is 17.3. The number of halogens is 2. The standard InChI is InChI=1S/C29H33N3.2ClH.Ru/c1-8-24(25-11-9-10-12-30-25)29-31-17-26(27-20(4)13-18(2)14-21(27)5)32(29)28-22(6)15-19(3)16-23(28)7;;;/h1,9-16,26,31H,8,17H2,2-7H3;2*1H;/q;;;+2/p-2. The van der Waals surface area contributed by atoms with E-state index in [0.29, 0.717) is 6.42 Å². The van der Waals surface area contributed by atoms with Gasteiger partial charge >= 0.3 is 224 Å². The SMILES string of the molecule is Cc1cc(C)c(C2CNC(=C(C[CH]=[Ru]([Cl])[Cl])c3ccccn3)N2c2c(C)cc(C)cc2C)c(C)c1. The molecule has 1 fully saturated rings. The molecule has 0 radical (unpaired) electrons. The fourth-order valence-electron chi connectivity index (χ4n) is 5.54. The van der Waals surface area contributed by atoms with Crippen LogP contribution in [-0.2, 0) is 13.5 Å². The summed E-state index contributed by atoms with van der Waals surface area (Å²) in [4.78, 5) is 7.22. The van der Waals surface area contributed by atoms with Crippen molar-refractivity contribution < 1.29 is 13.5 Å². The number of nitrogens with zero attached hydrogens (tertiary/aromatic N) is 2. The van der Waals surface area contributed by atoms with Crippen molar-refractivity contribution in [1.29, 1.82) is 0 Å². The van der Waals surface area contributed by atoms with E-state index in [-0.39, 0.29) is 6.04 Å². The molecule has 0 bridgehead atoms. The van der Waals surface area contributed by atoms with E-state index in [4.69, 9.17) is 24.4 Å². The Morgan fingerprint density at radius 2 is 1.57 bits per heavy atom. The van der Waals surface area contributed by atoms with Crippen molar-refractivity contribution in [2.24, 2.45) is 0 Å². The molecule has 1 saturated heterocycles. The third-order valence-electron chi connectivity index (χ3n) is 6.61. The average Bonchev–Trinajstić information content (AvgIpc) is 3.17. The van der Waals surface area contributed by atoms with Crippen molar-refractivity contribution in [3.05, 3.63) is 99.1 Å². The Hall–Kier alpha value is -2.00. The minimum absolute atomic E-state index is 0.157. The van der Waals surface area contributed by atoms with Crippen LogP contribution in [0.4, 0.5) is 5.69 Å². The molecule has 1 aliphatic heterocycles. The van der Waals surface area contributed by atoms with Gasteiger partial charge in [0.2, 0.25) is 0 Å². The van der Waals surface area contributed by atoms with Crippen LogP contribution >= 0.6 is 19.4 Å². The van der Waals surface area contributed by atoms with E-state index >= 15 is 0 Å². The second kappa shape index (κ2) is 10.9. The number of hydrogen-bond donors (Lipinski definition) is 1. The van der Waals surface area contributed by atoms with Gasteiger partial charge in [0, 0.05) is 0 Å². The van der Waals surface area contributed by atoms with Gasteiger partial charge in [-0.1, -0.05) is 0 Å². The van der Waals surface area contributed by atoms with Crippen LogP contribution in [-0.4, -0.2) is 16.1 Å². The summed E-state index contributed by atoms with van der Waals surface area (Å²) in [6.45, 7) is 14.0. The zero-order valence-corrected chi connectivity index (χ0v) is 24.4. The molecule has 0 saturated carbocycles. The molecular weight excluding hydrogens is 562 g/mol. The second-order valence-electron chi connectivity index (χ2n) is 9.42. The molecule has 3 nitrogen and oxygen atoms in total. The maximum atomic E-state index is 6.29. The fourth-order valence-corrected chi connectivity index (χ4v) is 6.80. The Morgan fingerprint density at radius 3 is 2.11 bits per heavy atom. The van der Waals surface area contributed by atoms with E-state index < -0.39 is 13.5 Å². The summed E-state index contributed by atoms with van der Waals surface area (Å²) < 4.78 is 2.06. The molecule has 1 unspecified atom stereocenters. The van der Waals surface area contributed by atoms with Crippen molar-refractivity contribution in [3.63, 3.8) is 0 Å². The number of allylic oxidation sites excluding steroid dienone is 1. The summed E-state index contributed by atoms with van der Waals surface area (Å²) in [7, 11) is 12.6. The molecule has 0 aliphatic carbocycles. The van der Waals surface area contributed by atoms with Crippen LogP contribution in [0.3, 0.4) is 0 Å². The zero-order chi connectivity index (χ0) is 25.3. The Bertz CT molecular complexity index is 1260. The van der Waals surface area contributed by atoms with Crippen molar-refractivity contribution in [1.82, 2.24) is 10.3 Å². The number of rotatable bonds is 5. The molecule has 1 atom stereocenters. The molecule has 1 N–H and O–H groups in total. The Balaban J connectivity index is 2.01. The predicted molar refractivity (Wildman–Crippen MR) is 148 cm³/mol. The first-order valence-corrected chi connectivity index (χ1v) is 17.3. The number of anilines is 1. The van der Waals surface area contributed by atoms with Crippen LogP contribution in [0.5, 0.6) is 0 Å². The van der Waals surface area contributed by atoms with Gasteiger partial charge in [0.05, 0.1) is 0 Å². The molecule has 3 aromatic rings. The number of aromatic nitrogens is 1. The van der Waals surface area contributed by atoms with E-state index in [9.17, 15) is 0 Å². The first-order valence-electron chi connectivity index (χ1n) is 11.8. The molecule has 0 spiro atoms. The summed E-state index contributed by atoms with van der Waals surface area (Å²) in [5, 5.41) is 3.79. The first kappa shape index (κ1) is 26.1. The molecule has 35 heavy (non-hydrogen) atoms. The average molecular weight is 596 g/mol. The number of pyridine rings is 1. The summed E-state index contributed by atoms with van der Waals surface area (Å²) >= 11 is -1.94. The van der Waals surface area contributed by atoms with E-state index in [0.717, 1.165) is 23.6 Å². The van der Waals surface area contributed by atoms with Gasteiger partial charge < -0.3 is 0 Å². The molecule has 2 heterocycles. The van der Waals surface area contributed by atoms with Crippen LogP contribution in [0.25, 0.3) is 5.57 Å². The van der Waals surface area contributed by atoms with Gasteiger partial charge in [-0.15, -0.1) is 0 Å². The van der Waals surface area contributed by atoms with Gasteiger partial charge in [0.15, 0.2) is 0 Å². The van der Waals surface area contributed by atoms with Crippen LogP contribution in [0, 0.1) is 41.5 Å². The first-order chi connectivity index (χ1) is 16.7. The van der Waals surface area contributed by atoms with Crippen molar-refractivity contribution >= 4 is 35.3 Å². The second-order valence-corrected chi connectivity index (χ2v) is 15.4. The Kier molecular flexibility index (Phi) is 8.16. The van der Waals surface area contributed by atoms with Crippen LogP contribution in [0.1, 0.15) is 57.1 Å². The summed E-state index contributed by atoms with van der Waals surface area (Å²) in [6, 6.07) is 15.3. The van der Waals surface area contributed by atoms with E-state index in [1.807, 2.05) is 18.3 Å². The third kappa shape index (κ3) is 5.56. The summed E-state index contributed by atoms with van der Waals surface area (Å²) in [6.07, 6.45) is 2.52. The topological polar surface area (TPSA) is 28.2 Å². The van der Waals surface area contributed by atoms with Crippen molar-refractivity contribution in [2.45, 2.75) is 54.0 Å². The fraction of sp³-hybridized carbons (Fsp3) is 0.310. The molecule has 4 rings (SSSR count). The number of nitrogens with one attached hydrogen (secondary N) is 1. The van der Waals surface area contributed by atoms with Crippen molar-refractivity contribution in [3.8, 4) is 0 Å².